The summed E-state index contributed by atoms with van der Waals surface area (Å²) in [6.07, 6.45) is 22.4. The molecule has 0 saturated heterocycles. The van der Waals surface area contributed by atoms with Crippen LogP contribution in [0.3, 0.4) is 0 Å². The molecule has 0 heterocycles. The van der Waals surface area contributed by atoms with Crippen molar-refractivity contribution in [2.45, 2.75) is 130 Å². The molecule has 0 aliphatic carbocycles. The van der Waals surface area contributed by atoms with E-state index < -0.39 is 35.7 Å². The molecule has 0 radical (unpaired) electrons. The van der Waals surface area contributed by atoms with Crippen molar-refractivity contribution < 1.29 is 34.2 Å². The van der Waals surface area contributed by atoms with Crippen LogP contribution in [-0.2, 0) is 14.4 Å². The van der Waals surface area contributed by atoms with E-state index in [0.717, 1.165) is 19.4 Å². The van der Waals surface area contributed by atoms with Crippen molar-refractivity contribution in [3.63, 3.8) is 0 Å². The van der Waals surface area contributed by atoms with Crippen LogP contribution in [0.2, 0.25) is 0 Å². The molecule has 0 rings (SSSR count). The lowest BCUT2D eigenvalue weighted by Crippen LogP contribution is -2.52. The average Bonchev–Trinajstić information content (AvgIpc) is 2.90. The van der Waals surface area contributed by atoms with Crippen molar-refractivity contribution in [1.29, 1.82) is 0 Å². The Balaban J connectivity index is 4.79. The van der Waals surface area contributed by atoms with Gasteiger partial charge in [-0.1, -0.05) is 104 Å². The Labute approximate surface area is 238 Å². The van der Waals surface area contributed by atoms with E-state index in [4.69, 9.17) is 0 Å². The van der Waals surface area contributed by atoms with Gasteiger partial charge in [0.2, 0.25) is 0 Å². The molecule has 0 aromatic rings. The van der Waals surface area contributed by atoms with Crippen molar-refractivity contribution >= 4 is 17.9 Å². The third-order valence-corrected chi connectivity index (χ3v) is 8.29. The molecule has 0 bridgehead atoms. The lowest BCUT2D eigenvalue weighted by Gasteiger charge is -2.40. The maximum absolute atomic E-state index is 11.5. The van der Waals surface area contributed by atoms with Gasteiger partial charge in [-0.25, -0.2) is 0 Å². The van der Waals surface area contributed by atoms with Crippen LogP contribution in [0.5, 0.6) is 0 Å². The second-order valence-electron chi connectivity index (χ2n) is 11.9. The normalized spacial score (nSPS) is 15.6. The van der Waals surface area contributed by atoms with Gasteiger partial charge in [0.1, 0.15) is 0 Å². The van der Waals surface area contributed by atoms with Crippen molar-refractivity contribution in [3.8, 4) is 0 Å². The number of quaternary nitrogens is 1. The predicted octanol–water partition coefficient (Wildman–Crippen LogP) is 7.78. The van der Waals surface area contributed by atoms with Crippen LogP contribution >= 0.6 is 0 Å². The van der Waals surface area contributed by atoms with Gasteiger partial charge in [0.05, 0.1) is 43.9 Å². The number of allylic oxidation sites excluding steroid dienone is 1. The fraction of sp³-hybridized carbons (Fsp3) is 0.844. The first kappa shape index (κ1) is 37.1. The number of carboxylic acid groups (broad SMARTS) is 3. The number of unbranched alkanes of at least 4 members (excludes halogenated alkanes) is 11. The Morgan fingerprint density at radius 2 is 0.872 bits per heavy atom. The number of nitrogens with zero attached hydrogens (tertiary/aromatic N) is 1. The van der Waals surface area contributed by atoms with Gasteiger partial charge in [-0.15, -0.1) is 0 Å². The van der Waals surface area contributed by atoms with E-state index in [2.05, 4.69) is 19.1 Å². The summed E-state index contributed by atoms with van der Waals surface area (Å²) in [7, 11) is 0. The lowest BCUT2D eigenvalue weighted by atomic mass is 10.0. The highest BCUT2D eigenvalue weighted by Gasteiger charge is 2.31. The zero-order valence-corrected chi connectivity index (χ0v) is 25.5. The van der Waals surface area contributed by atoms with Gasteiger partial charge >= 0.3 is 17.9 Å². The number of hydrogen-bond acceptors (Lipinski definition) is 3. The van der Waals surface area contributed by atoms with Gasteiger partial charge in [-0.3, -0.25) is 14.4 Å². The zero-order chi connectivity index (χ0) is 29.5. The van der Waals surface area contributed by atoms with Crippen LogP contribution < -0.4 is 0 Å². The molecule has 7 heteroatoms. The molecule has 3 unspecified atom stereocenters. The quantitative estimate of drug-likeness (QED) is 0.0543. The minimum Gasteiger partial charge on any atom is -0.481 e. The minimum absolute atomic E-state index is 0.487. The topological polar surface area (TPSA) is 112 Å². The van der Waals surface area contributed by atoms with Crippen LogP contribution in [0, 0.1) is 17.8 Å². The Morgan fingerprint density at radius 1 is 0.538 bits per heavy atom. The molecule has 228 valence electrons. The van der Waals surface area contributed by atoms with Crippen molar-refractivity contribution in [1.82, 2.24) is 0 Å². The van der Waals surface area contributed by atoms with Crippen molar-refractivity contribution in [2.75, 3.05) is 26.2 Å². The molecular weight excluding hydrogens is 494 g/mol. The second-order valence-corrected chi connectivity index (χ2v) is 11.9. The summed E-state index contributed by atoms with van der Waals surface area (Å²) >= 11 is 0. The Hall–Kier alpha value is -1.89. The minimum atomic E-state index is -0.835. The molecule has 0 saturated carbocycles. The summed E-state index contributed by atoms with van der Waals surface area (Å²) in [5.74, 6) is -3.98. The number of aliphatic carboxylic acids is 3. The zero-order valence-electron chi connectivity index (χ0n) is 25.5. The van der Waals surface area contributed by atoms with Gasteiger partial charge in [0.25, 0.3) is 0 Å². The van der Waals surface area contributed by atoms with E-state index in [1.807, 2.05) is 0 Å². The van der Waals surface area contributed by atoms with Crippen LogP contribution in [-0.4, -0.2) is 63.9 Å². The smallest absolute Gasteiger partial charge is 0.306 e. The molecule has 3 atom stereocenters. The Morgan fingerprint density at radius 3 is 1.23 bits per heavy atom. The van der Waals surface area contributed by atoms with Gasteiger partial charge < -0.3 is 19.8 Å². The Bertz CT molecular complexity index is 632. The van der Waals surface area contributed by atoms with Crippen LogP contribution in [0.15, 0.2) is 12.2 Å². The number of carboxylic acids is 3. The fourth-order valence-corrected chi connectivity index (χ4v) is 4.95. The molecule has 0 aliphatic rings. The summed E-state index contributed by atoms with van der Waals surface area (Å²) in [6, 6.07) is 0. The van der Waals surface area contributed by atoms with E-state index in [0.29, 0.717) is 43.4 Å². The van der Waals surface area contributed by atoms with E-state index in [9.17, 15) is 29.7 Å². The second kappa shape index (κ2) is 22.9. The number of hydrogen-bond donors (Lipinski definition) is 3. The first-order valence-corrected chi connectivity index (χ1v) is 15.7. The molecule has 7 nitrogen and oxygen atoms in total. The maximum atomic E-state index is 11.5. The monoisotopic (exact) mass is 554 g/mol. The SMILES string of the molecule is CCCCCCCCCCCCC/C=C/CC[N+](CCC(C)C(=O)O)(CCC(C)C(=O)O)CCC(C)C(=O)O. The first-order valence-electron chi connectivity index (χ1n) is 15.7. The summed E-state index contributed by atoms with van der Waals surface area (Å²) < 4.78 is 0.565. The first-order chi connectivity index (χ1) is 18.5. The van der Waals surface area contributed by atoms with Crippen LogP contribution in [0.4, 0.5) is 0 Å². The summed E-state index contributed by atoms with van der Waals surface area (Å²) in [5.41, 5.74) is 0. The van der Waals surface area contributed by atoms with E-state index >= 15 is 0 Å². The van der Waals surface area contributed by atoms with Crippen LogP contribution in [0.1, 0.15) is 130 Å². The van der Waals surface area contributed by atoms with E-state index in [1.165, 1.54) is 70.6 Å². The maximum Gasteiger partial charge on any atom is 0.306 e. The highest BCUT2D eigenvalue weighted by atomic mass is 16.4. The highest BCUT2D eigenvalue weighted by molar-refractivity contribution is 5.70. The molecule has 39 heavy (non-hydrogen) atoms. The number of carbonyl (C=O) groups is 3. The largest absolute Gasteiger partial charge is 0.481 e. The summed E-state index contributed by atoms with van der Waals surface area (Å²) in [6.45, 7) is 9.94. The predicted molar refractivity (Wildman–Crippen MR) is 159 cm³/mol. The molecule has 0 spiro atoms. The molecule has 3 N–H and O–H groups in total. The standard InChI is InChI=1S/C32H59NO6/c1-5-6-7-8-9-10-11-12-13-14-15-16-17-18-19-23-33(24-20-27(2)30(34)35,25-21-28(3)31(36)37)26-22-29(4)32(38)39/h17-18,27-29H,5-16,19-26H2,1-4H3,(H2-,34,35,36,37,38,39)/p+1/b18-17+. The summed E-state index contributed by atoms with van der Waals surface area (Å²) in [5, 5.41) is 28.2. The third-order valence-electron chi connectivity index (χ3n) is 8.29. The van der Waals surface area contributed by atoms with Gasteiger partial charge in [0, 0.05) is 25.7 Å². The van der Waals surface area contributed by atoms with Crippen molar-refractivity contribution in [2.24, 2.45) is 17.8 Å². The van der Waals surface area contributed by atoms with Gasteiger partial charge in [-0.05, 0) is 12.8 Å². The Kier molecular flexibility index (Phi) is 21.8. The fourth-order valence-electron chi connectivity index (χ4n) is 4.95. The molecule has 0 aromatic heterocycles. The van der Waals surface area contributed by atoms with E-state index in [-0.39, 0.29) is 0 Å². The molecular formula is C32H60NO6+. The third kappa shape index (κ3) is 19.8. The molecule has 0 aromatic carbocycles. The lowest BCUT2D eigenvalue weighted by molar-refractivity contribution is -0.929. The summed E-state index contributed by atoms with van der Waals surface area (Å²) in [4.78, 5) is 34.4. The van der Waals surface area contributed by atoms with Crippen molar-refractivity contribution in [3.05, 3.63) is 12.2 Å². The van der Waals surface area contributed by atoms with Gasteiger partial charge in [-0.2, -0.15) is 0 Å². The van der Waals surface area contributed by atoms with Gasteiger partial charge in [0.15, 0.2) is 0 Å². The highest BCUT2D eigenvalue weighted by Crippen LogP contribution is 2.21. The molecule has 0 amide bonds. The van der Waals surface area contributed by atoms with E-state index in [1.54, 1.807) is 20.8 Å². The molecule has 0 fully saturated rings. The van der Waals surface area contributed by atoms with Crippen LogP contribution in [0.25, 0.3) is 0 Å². The number of rotatable bonds is 27. The average molecular weight is 555 g/mol. The molecule has 0 aliphatic heterocycles.